The number of fused-ring (bicyclic) bond motifs is 1. The van der Waals surface area contributed by atoms with Crippen LogP contribution in [0.25, 0.3) is 17.2 Å². The third-order valence-electron chi connectivity index (χ3n) is 3.55. The first-order valence-electron chi connectivity index (χ1n) is 7.53. The van der Waals surface area contributed by atoms with Crippen molar-refractivity contribution in [1.29, 1.82) is 0 Å². The second-order valence-electron chi connectivity index (χ2n) is 5.22. The van der Waals surface area contributed by atoms with Gasteiger partial charge in [0, 0.05) is 11.8 Å². The summed E-state index contributed by atoms with van der Waals surface area (Å²) in [6, 6.07) is 15.9. The molecule has 0 aliphatic carbocycles. The Morgan fingerprint density at radius 2 is 1.96 bits per heavy atom. The van der Waals surface area contributed by atoms with E-state index in [2.05, 4.69) is 39.3 Å². The molecule has 0 aliphatic heterocycles. The topological polar surface area (TPSA) is 82.2 Å². The fraction of sp³-hybridized carbons (Fsp3) is 0.118. The zero-order valence-electron chi connectivity index (χ0n) is 12.8. The quantitative estimate of drug-likeness (QED) is 0.444. The van der Waals surface area contributed by atoms with Gasteiger partial charge in [0.15, 0.2) is 11.4 Å². The van der Waals surface area contributed by atoms with Gasteiger partial charge in [0.25, 0.3) is 0 Å². The van der Waals surface area contributed by atoms with Crippen molar-refractivity contribution in [2.75, 3.05) is 11.5 Å². The molecule has 3 aromatic heterocycles. The van der Waals surface area contributed by atoms with Crippen LogP contribution in [-0.4, -0.2) is 25.3 Å². The monoisotopic (exact) mass is 337 g/mol. The number of nitrogens with two attached hydrogens (primary N) is 1. The van der Waals surface area contributed by atoms with Crippen molar-refractivity contribution < 1.29 is 4.42 Å². The predicted octanol–water partition coefficient (Wildman–Crippen LogP) is 3.30. The van der Waals surface area contributed by atoms with E-state index in [9.17, 15) is 0 Å². The molecule has 0 spiro atoms. The molecule has 1 aromatic carbocycles. The highest BCUT2D eigenvalue weighted by Gasteiger charge is 2.12. The molecule has 7 heteroatoms. The van der Waals surface area contributed by atoms with Crippen LogP contribution in [0.5, 0.6) is 0 Å². The van der Waals surface area contributed by atoms with Gasteiger partial charge in [-0.15, -0.1) is 16.9 Å². The van der Waals surface area contributed by atoms with Gasteiger partial charge in [-0.3, -0.25) is 0 Å². The second kappa shape index (κ2) is 6.37. The molecule has 0 aliphatic rings. The standard InChI is InChI=1S/C17H15N5OS/c18-17-20-15(24-10-8-12-5-2-1-3-6-12)11-14-19-16(21-22(14)17)13-7-4-9-23-13/h1-7,9,11H,8,10H2,(H2,18,20). The molecule has 4 aromatic rings. The number of nitrogens with zero attached hydrogens (tertiary/aromatic N) is 4. The summed E-state index contributed by atoms with van der Waals surface area (Å²) in [6.45, 7) is 0. The summed E-state index contributed by atoms with van der Waals surface area (Å²) >= 11 is 1.66. The van der Waals surface area contributed by atoms with Gasteiger partial charge in [0.05, 0.1) is 6.26 Å². The van der Waals surface area contributed by atoms with Crippen molar-refractivity contribution in [2.24, 2.45) is 0 Å². The molecule has 120 valence electrons. The third-order valence-corrected chi connectivity index (χ3v) is 4.46. The number of benzene rings is 1. The van der Waals surface area contributed by atoms with Gasteiger partial charge >= 0.3 is 0 Å². The van der Waals surface area contributed by atoms with Gasteiger partial charge in [-0.05, 0) is 24.1 Å². The van der Waals surface area contributed by atoms with Crippen LogP contribution in [0.15, 0.2) is 64.2 Å². The molecule has 0 unspecified atom stereocenters. The van der Waals surface area contributed by atoms with E-state index in [-0.39, 0.29) is 0 Å². The zero-order chi connectivity index (χ0) is 16.4. The summed E-state index contributed by atoms with van der Waals surface area (Å²) in [5.74, 6) is 2.35. The number of thioether (sulfide) groups is 1. The summed E-state index contributed by atoms with van der Waals surface area (Å²) in [7, 11) is 0. The lowest BCUT2D eigenvalue weighted by molar-refractivity contribution is 0.577. The number of hydrogen-bond acceptors (Lipinski definition) is 6. The van der Waals surface area contributed by atoms with Gasteiger partial charge < -0.3 is 10.2 Å². The van der Waals surface area contributed by atoms with Crippen LogP contribution in [0.1, 0.15) is 5.56 Å². The average molecular weight is 337 g/mol. The van der Waals surface area contributed by atoms with Gasteiger partial charge in [-0.2, -0.15) is 4.52 Å². The average Bonchev–Trinajstić information content (AvgIpc) is 3.25. The molecule has 6 nitrogen and oxygen atoms in total. The Morgan fingerprint density at radius 3 is 2.75 bits per heavy atom. The van der Waals surface area contributed by atoms with Crippen LogP contribution in [-0.2, 0) is 6.42 Å². The van der Waals surface area contributed by atoms with E-state index in [0.29, 0.717) is 23.2 Å². The van der Waals surface area contributed by atoms with E-state index in [1.807, 2.05) is 18.2 Å². The Labute approximate surface area is 142 Å². The maximum atomic E-state index is 6.01. The zero-order valence-corrected chi connectivity index (χ0v) is 13.6. The first-order chi connectivity index (χ1) is 11.8. The highest BCUT2D eigenvalue weighted by molar-refractivity contribution is 7.99. The van der Waals surface area contributed by atoms with Crippen molar-refractivity contribution in [3.63, 3.8) is 0 Å². The predicted molar refractivity (Wildman–Crippen MR) is 93.8 cm³/mol. The number of nitrogen functional groups attached to an aromatic ring is 1. The highest BCUT2D eigenvalue weighted by atomic mass is 32.2. The van der Waals surface area contributed by atoms with Gasteiger partial charge in [-0.25, -0.2) is 9.97 Å². The van der Waals surface area contributed by atoms with Crippen LogP contribution in [0.3, 0.4) is 0 Å². The van der Waals surface area contributed by atoms with Crippen molar-refractivity contribution in [2.45, 2.75) is 11.4 Å². The minimum absolute atomic E-state index is 0.319. The molecule has 0 amide bonds. The Bertz CT molecular complexity index is 950. The molecule has 0 radical (unpaired) electrons. The molecule has 0 atom stereocenters. The van der Waals surface area contributed by atoms with E-state index in [1.54, 1.807) is 24.1 Å². The number of aromatic nitrogens is 4. The Morgan fingerprint density at radius 1 is 1.08 bits per heavy atom. The van der Waals surface area contributed by atoms with Crippen LogP contribution < -0.4 is 5.73 Å². The highest BCUT2D eigenvalue weighted by Crippen LogP contribution is 2.22. The van der Waals surface area contributed by atoms with E-state index in [1.165, 1.54) is 10.1 Å². The van der Waals surface area contributed by atoms with Gasteiger partial charge in [0.2, 0.25) is 11.8 Å². The molecule has 3 heterocycles. The normalized spacial score (nSPS) is 11.2. The van der Waals surface area contributed by atoms with Crippen molar-refractivity contribution in [3.8, 4) is 11.6 Å². The number of aryl methyl sites for hydroxylation is 1. The largest absolute Gasteiger partial charge is 0.461 e. The lowest BCUT2D eigenvalue weighted by atomic mass is 10.2. The van der Waals surface area contributed by atoms with Gasteiger partial charge in [-0.1, -0.05) is 30.3 Å². The van der Waals surface area contributed by atoms with E-state index >= 15 is 0 Å². The summed E-state index contributed by atoms with van der Waals surface area (Å²) in [6.07, 6.45) is 2.57. The lowest BCUT2D eigenvalue weighted by Gasteiger charge is -2.03. The fourth-order valence-corrected chi connectivity index (χ4v) is 3.29. The summed E-state index contributed by atoms with van der Waals surface area (Å²) in [5, 5.41) is 5.18. The summed E-state index contributed by atoms with van der Waals surface area (Å²) in [4.78, 5) is 8.87. The molecule has 2 N–H and O–H groups in total. The van der Waals surface area contributed by atoms with Crippen LogP contribution >= 0.6 is 11.8 Å². The molecule has 0 saturated carbocycles. The number of anilines is 1. The molecule has 4 rings (SSSR count). The number of rotatable bonds is 5. The minimum atomic E-state index is 0.319. The SMILES string of the molecule is Nc1nc(SCCc2ccccc2)cc2nc(-c3ccco3)nn12. The van der Waals surface area contributed by atoms with Crippen LogP contribution in [0.4, 0.5) is 5.95 Å². The molecular weight excluding hydrogens is 322 g/mol. The maximum Gasteiger partial charge on any atom is 0.224 e. The van der Waals surface area contributed by atoms with Crippen molar-refractivity contribution in [3.05, 3.63) is 60.4 Å². The smallest absolute Gasteiger partial charge is 0.224 e. The molecule has 0 saturated heterocycles. The van der Waals surface area contributed by atoms with Gasteiger partial charge in [0.1, 0.15) is 5.03 Å². The Kier molecular flexibility index (Phi) is 3.92. The Hall–Kier alpha value is -2.80. The number of furan rings is 1. The number of hydrogen-bond donors (Lipinski definition) is 1. The first kappa shape index (κ1) is 14.8. The van der Waals surface area contributed by atoms with E-state index < -0.39 is 0 Å². The molecular formula is C17H15N5OS. The summed E-state index contributed by atoms with van der Waals surface area (Å²) < 4.78 is 6.86. The first-order valence-corrected chi connectivity index (χ1v) is 8.52. The Balaban J connectivity index is 1.54. The second-order valence-corrected chi connectivity index (χ2v) is 6.33. The minimum Gasteiger partial charge on any atom is -0.461 e. The third kappa shape index (κ3) is 2.98. The van der Waals surface area contributed by atoms with Crippen molar-refractivity contribution >= 4 is 23.4 Å². The fourth-order valence-electron chi connectivity index (χ4n) is 2.39. The van der Waals surface area contributed by atoms with Crippen molar-refractivity contribution in [1.82, 2.24) is 19.6 Å². The van der Waals surface area contributed by atoms with Crippen LogP contribution in [0, 0.1) is 0 Å². The van der Waals surface area contributed by atoms with Crippen LogP contribution in [0.2, 0.25) is 0 Å². The maximum absolute atomic E-state index is 6.01. The molecule has 0 bridgehead atoms. The molecule has 24 heavy (non-hydrogen) atoms. The summed E-state index contributed by atoms with van der Waals surface area (Å²) in [5.41, 5.74) is 7.98. The molecule has 0 fully saturated rings. The van der Waals surface area contributed by atoms with E-state index in [0.717, 1.165) is 17.2 Å². The lowest BCUT2D eigenvalue weighted by Crippen LogP contribution is -2.03. The van der Waals surface area contributed by atoms with E-state index in [4.69, 9.17) is 10.2 Å².